The number of anilines is 1. The van der Waals surface area contributed by atoms with Crippen molar-refractivity contribution in [2.24, 2.45) is 5.92 Å². The van der Waals surface area contributed by atoms with E-state index in [1.807, 2.05) is 0 Å². The molecule has 0 saturated heterocycles. The first-order valence-electron chi connectivity index (χ1n) is 7.16. The fourth-order valence-electron chi connectivity index (χ4n) is 2.27. The van der Waals surface area contributed by atoms with Crippen LogP contribution in [-0.4, -0.2) is 30.8 Å². The molecule has 3 unspecified atom stereocenters. The van der Waals surface area contributed by atoms with Gasteiger partial charge in [-0.2, -0.15) is 9.29 Å². The predicted molar refractivity (Wildman–Crippen MR) is 86.7 cm³/mol. The van der Waals surface area contributed by atoms with Crippen LogP contribution in [0.1, 0.15) is 12.5 Å². The van der Waals surface area contributed by atoms with Crippen molar-refractivity contribution in [3.8, 4) is 0 Å². The molecule has 0 aliphatic heterocycles. The Balaban J connectivity index is 1.96. The number of phosphoric acid groups is 3. The molecule has 1 aliphatic rings. The fourth-order valence-corrected chi connectivity index (χ4v) is 5.31. The molecule has 1 aliphatic carbocycles. The van der Waals surface area contributed by atoms with Crippen molar-refractivity contribution >= 4 is 29.3 Å². The SMILES string of the molecule is Nc1nc(=O)n([C@H]2C=C[C@@H](COP(=O)(O)OP(=O)(O)OP(=O)([O-])O)C2)cc1F. The van der Waals surface area contributed by atoms with Gasteiger partial charge in [-0.1, -0.05) is 12.2 Å². The maximum atomic E-state index is 13.5. The van der Waals surface area contributed by atoms with Crippen molar-refractivity contribution in [3.63, 3.8) is 0 Å². The van der Waals surface area contributed by atoms with Crippen molar-refractivity contribution in [3.05, 3.63) is 34.7 Å². The lowest BCUT2D eigenvalue weighted by Gasteiger charge is -2.21. The van der Waals surface area contributed by atoms with Gasteiger partial charge in [0.2, 0.25) is 0 Å². The van der Waals surface area contributed by atoms with E-state index in [9.17, 15) is 32.7 Å². The summed E-state index contributed by atoms with van der Waals surface area (Å²) in [7, 11) is -16.7. The van der Waals surface area contributed by atoms with Crippen LogP contribution in [0.3, 0.4) is 0 Å². The smallest absolute Gasteiger partial charge is 0.487 e. The molecule has 5 atom stereocenters. The van der Waals surface area contributed by atoms with Crippen LogP contribution in [0.2, 0.25) is 0 Å². The lowest BCUT2D eigenvalue weighted by atomic mass is 10.1. The monoisotopic (exact) mass is 464 g/mol. The summed E-state index contributed by atoms with van der Waals surface area (Å²) in [4.78, 5) is 52.2. The molecule has 5 N–H and O–H groups in total. The van der Waals surface area contributed by atoms with Crippen LogP contribution in [-0.2, 0) is 26.8 Å². The molecule has 1 heterocycles. The molecular weight excluding hydrogens is 450 g/mol. The predicted octanol–water partition coefficient (Wildman–Crippen LogP) is -0.207. The molecule has 2 rings (SSSR count). The molecule has 1 aromatic heterocycles. The van der Waals surface area contributed by atoms with E-state index in [0.29, 0.717) is 0 Å². The maximum Gasteiger partial charge on any atom is 0.487 e. The van der Waals surface area contributed by atoms with Gasteiger partial charge in [0, 0.05) is 12.1 Å². The Hall–Kier alpha value is -1.24. The summed E-state index contributed by atoms with van der Waals surface area (Å²) < 4.78 is 59.2. The van der Waals surface area contributed by atoms with Gasteiger partial charge in [-0.05, 0) is 6.42 Å². The van der Waals surface area contributed by atoms with Crippen molar-refractivity contribution < 1.29 is 50.8 Å². The third kappa shape index (κ3) is 6.68. The highest BCUT2D eigenvalue weighted by molar-refractivity contribution is 7.66. The van der Waals surface area contributed by atoms with Gasteiger partial charge in [-0.25, -0.2) is 22.6 Å². The van der Waals surface area contributed by atoms with Crippen LogP contribution >= 0.6 is 23.5 Å². The van der Waals surface area contributed by atoms with Crippen molar-refractivity contribution in [2.45, 2.75) is 12.5 Å². The molecule has 0 aromatic carbocycles. The lowest BCUT2D eigenvalue weighted by Crippen LogP contribution is -2.27. The zero-order valence-electron chi connectivity index (χ0n) is 13.6. The Bertz CT molecular complexity index is 975. The number of rotatable bonds is 8. The van der Waals surface area contributed by atoms with E-state index in [0.717, 1.165) is 10.8 Å². The van der Waals surface area contributed by atoms with E-state index in [-0.39, 0.29) is 6.42 Å². The van der Waals surface area contributed by atoms with E-state index in [4.69, 9.17) is 15.5 Å². The Morgan fingerprint density at radius 1 is 1.25 bits per heavy atom. The Morgan fingerprint density at radius 2 is 1.89 bits per heavy atom. The number of nitrogen functional groups attached to an aromatic ring is 1. The molecule has 18 heteroatoms. The van der Waals surface area contributed by atoms with Gasteiger partial charge < -0.3 is 25.3 Å². The summed E-state index contributed by atoms with van der Waals surface area (Å²) in [5.74, 6) is -2.09. The van der Waals surface area contributed by atoms with E-state index >= 15 is 0 Å². The van der Waals surface area contributed by atoms with E-state index in [1.165, 1.54) is 12.2 Å². The number of aromatic nitrogens is 2. The number of hydrogen-bond donors (Lipinski definition) is 4. The molecule has 0 spiro atoms. The third-order valence-corrected chi connectivity index (χ3v) is 7.08. The lowest BCUT2D eigenvalue weighted by molar-refractivity contribution is -0.212. The first-order chi connectivity index (χ1) is 12.7. The van der Waals surface area contributed by atoms with Gasteiger partial charge >= 0.3 is 21.3 Å². The fraction of sp³-hybridized carbons (Fsp3) is 0.400. The highest BCUT2D eigenvalue weighted by Gasteiger charge is 2.38. The number of nitrogens with zero attached hydrogens (tertiary/aromatic N) is 2. The topological polar surface area (TPSA) is 224 Å². The average Bonchev–Trinajstić information content (AvgIpc) is 2.94. The molecule has 0 radical (unpaired) electrons. The Kier molecular flexibility index (Phi) is 6.79. The number of allylic oxidation sites excluding steroid dienone is 1. The summed E-state index contributed by atoms with van der Waals surface area (Å²) in [6, 6.07) is -0.671. The molecule has 1 aromatic rings. The summed E-state index contributed by atoms with van der Waals surface area (Å²) >= 11 is 0. The molecule has 158 valence electrons. The van der Waals surface area contributed by atoms with Crippen LogP contribution in [0.15, 0.2) is 23.1 Å². The summed E-state index contributed by atoms with van der Waals surface area (Å²) in [5, 5.41) is 0. The number of phosphoric ester groups is 1. The van der Waals surface area contributed by atoms with Gasteiger partial charge in [-0.3, -0.25) is 13.7 Å². The molecular formula is C10H14FN3O11P3-. The molecule has 0 amide bonds. The minimum atomic E-state index is -5.73. The first kappa shape index (κ1) is 23.0. The normalized spacial score (nSPS) is 25.8. The number of hydrogen-bond acceptors (Lipinski definition) is 10. The van der Waals surface area contributed by atoms with Crippen molar-refractivity contribution in [1.82, 2.24) is 9.55 Å². The molecule has 0 fully saturated rings. The molecule has 14 nitrogen and oxygen atoms in total. The van der Waals surface area contributed by atoms with Crippen molar-refractivity contribution in [2.75, 3.05) is 12.3 Å². The molecule has 28 heavy (non-hydrogen) atoms. The standard InChI is InChI=1S/C10H15FN3O11P3/c11-8-4-14(10(15)13-9(8)12)7-2-1-6(3-7)5-23-27(19,20)25-28(21,22)24-26(16,17)18/h1-2,4,6-7H,3,5H2,(H,19,20)(H,21,22)(H2,12,13,15)(H2,16,17,18)/p-1/t6-,7+/m1/s1. The molecule has 0 bridgehead atoms. The van der Waals surface area contributed by atoms with Gasteiger partial charge in [0.1, 0.15) is 0 Å². The highest BCUT2D eigenvalue weighted by atomic mass is 31.3. The zero-order valence-corrected chi connectivity index (χ0v) is 16.3. The van der Waals surface area contributed by atoms with Crippen LogP contribution in [0, 0.1) is 11.7 Å². The molecule has 0 saturated carbocycles. The Labute approximate surface area is 155 Å². The largest absolute Gasteiger partial charge is 0.756 e. The second-order valence-corrected chi connectivity index (χ2v) is 9.85. The van der Waals surface area contributed by atoms with Crippen molar-refractivity contribution in [1.29, 1.82) is 0 Å². The van der Waals surface area contributed by atoms with Crippen LogP contribution < -0.4 is 16.3 Å². The minimum absolute atomic E-state index is 0.102. The summed E-state index contributed by atoms with van der Waals surface area (Å²) in [6.07, 6.45) is 3.87. The average molecular weight is 464 g/mol. The van der Waals surface area contributed by atoms with Crippen LogP contribution in [0.25, 0.3) is 0 Å². The quantitative estimate of drug-likeness (QED) is 0.289. The van der Waals surface area contributed by atoms with Gasteiger partial charge in [-0.15, -0.1) is 0 Å². The Morgan fingerprint density at radius 3 is 2.50 bits per heavy atom. The van der Waals surface area contributed by atoms with Gasteiger partial charge in [0.25, 0.3) is 7.82 Å². The number of nitrogens with two attached hydrogens (primary N) is 1. The summed E-state index contributed by atoms with van der Waals surface area (Å²) in [6.45, 7) is -0.561. The van der Waals surface area contributed by atoms with Crippen LogP contribution in [0.5, 0.6) is 0 Å². The minimum Gasteiger partial charge on any atom is -0.756 e. The van der Waals surface area contributed by atoms with Gasteiger partial charge in [0.05, 0.1) is 12.6 Å². The van der Waals surface area contributed by atoms with E-state index in [2.05, 4.69) is 18.1 Å². The number of halogens is 1. The zero-order chi connectivity index (χ0) is 21.3. The van der Waals surface area contributed by atoms with Gasteiger partial charge in [0.15, 0.2) is 11.6 Å². The summed E-state index contributed by atoms with van der Waals surface area (Å²) in [5.41, 5.74) is 4.36. The second kappa shape index (κ2) is 8.25. The van der Waals surface area contributed by atoms with E-state index < -0.39 is 59.4 Å². The first-order valence-corrected chi connectivity index (χ1v) is 11.7. The van der Waals surface area contributed by atoms with Crippen LogP contribution in [0.4, 0.5) is 10.2 Å². The second-order valence-electron chi connectivity index (χ2n) is 5.48. The maximum absolute atomic E-state index is 13.5. The third-order valence-electron chi connectivity index (χ3n) is 3.31. The van der Waals surface area contributed by atoms with E-state index in [1.54, 1.807) is 0 Å². The highest BCUT2D eigenvalue weighted by Crippen LogP contribution is 2.65.